The number of halogens is 1. The first-order chi connectivity index (χ1) is 12.1. The van der Waals surface area contributed by atoms with Gasteiger partial charge in [0, 0.05) is 7.05 Å². The van der Waals surface area contributed by atoms with Crippen molar-refractivity contribution in [2.75, 3.05) is 24.7 Å². The standard InChI is InChI=1S/C18H21ClN2O4S/c1-12(13-5-8-15(25-3)9-6-13)20-18(22)16-10-7-14(11-17(16)19)21(2)26(4,23)24/h5-12H,1-4H3,(H,20,22)/t12-/m1/s1. The van der Waals surface area contributed by atoms with Crippen LogP contribution >= 0.6 is 11.6 Å². The molecule has 0 fully saturated rings. The first-order valence-electron chi connectivity index (χ1n) is 7.81. The number of sulfonamides is 1. The van der Waals surface area contributed by atoms with E-state index in [0.717, 1.165) is 21.9 Å². The predicted octanol–water partition coefficient (Wildman–Crippen LogP) is 3.24. The SMILES string of the molecule is COc1ccc([C@@H](C)NC(=O)c2ccc(N(C)S(C)(=O)=O)cc2Cl)cc1. The van der Waals surface area contributed by atoms with Crippen molar-refractivity contribution in [1.29, 1.82) is 0 Å². The van der Waals surface area contributed by atoms with Gasteiger partial charge in [-0.2, -0.15) is 0 Å². The lowest BCUT2D eigenvalue weighted by atomic mass is 10.1. The average molecular weight is 397 g/mol. The Morgan fingerprint density at radius 1 is 1.19 bits per heavy atom. The molecule has 0 saturated heterocycles. The van der Waals surface area contributed by atoms with E-state index in [2.05, 4.69) is 5.32 Å². The third kappa shape index (κ3) is 4.68. The lowest BCUT2D eigenvalue weighted by Crippen LogP contribution is -2.27. The molecule has 2 aromatic rings. The second kappa shape index (κ2) is 7.97. The van der Waals surface area contributed by atoms with Gasteiger partial charge in [-0.1, -0.05) is 23.7 Å². The topological polar surface area (TPSA) is 75.7 Å². The van der Waals surface area contributed by atoms with Crippen molar-refractivity contribution >= 4 is 33.2 Å². The largest absolute Gasteiger partial charge is 0.497 e. The lowest BCUT2D eigenvalue weighted by Gasteiger charge is -2.18. The van der Waals surface area contributed by atoms with Crippen LogP contribution in [0.5, 0.6) is 5.75 Å². The Bertz CT molecular complexity index is 898. The van der Waals surface area contributed by atoms with Crippen LogP contribution in [0.2, 0.25) is 5.02 Å². The second-order valence-corrected chi connectivity index (χ2v) is 8.28. The number of anilines is 1. The normalized spacial score (nSPS) is 12.3. The van der Waals surface area contributed by atoms with Crippen molar-refractivity contribution in [3.63, 3.8) is 0 Å². The van der Waals surface area contributed by atoms with E-state index in [1.165, 1.54) is 19.2 Å². The van der Waals surface area contributed by atoms with Gasteiger partial charge in [0.1, 0.15) is 5.75 Å². The molecule has 0 aliphatic carbocycles. The molecule has 0 saturated carbocycles. The van der Waals surface area contributed by atoms with E-state index in [1.54, 1.807) is 13.2 Å². The molecule has 0 heterocycles. The van der Waals surface area contributed by atoms with Crippen molar-refractivity contribution in [1.82, 2.24) is 5.32 Å². The van der Waals surface area contributed by atoms with E-state index in [-0.39, 0.29) is 22.5 Å². The zero-order valence-electron chi connectivity index (χ0n) is 15.0. The first kappa shape index (κ1) is 20.1. The third-order valence-electron chi connectivity index (χ3n) is 4.02. The molecule has 0 unspecified atom stereocenters. The number of ether oxygens (including phenoxy) is 1. The average Bonchev–Trinajstić information content (AvgIpc) is 2.60. The van der Waals surface area contributed by atoms with Crippen molar-refractivity contribution in [2.45, 2.75) is 13.0 Å². The Morgan fingerprint density at radius 3 is 2.31 bits per heavy atom. The van der Waals surface area contributed by atoms with Crippen LogP contribution in [0.15, 0.2) is 42.5 Å². The molecule has 8 heteroatoms. The van der Waals surface area contributed by atoms with E-state index in [0.29, 0.717) is 5.69 Å². The molecule has 1 amide bonds. The molecule has 0 aliphatic rings. The van der Waals surface area contributed by atoms with Crippen LogP contribution in [0.1, 0.15) is 28.9 Å². The number of nitrogens with zero attached hydrogens (tertiary/aromatic N) is 1. The van der Waals surface area contributed by atoms with E-state index in [1.807, 2.05) is 31.2 Å². The minimum absolute atomic E-state index is 0.178. The van der Waals surface area contributed by atoms with Crippen molar-refractivity contribution < 1.29 is 17.9 Å². The second-order valence-electron chi connectivity index (χ2n) is 5.86. The predicted molar refractivity (Wildman–Crippen MR) is 104 cm³/mol. The number of carbonyl (C=O) groups is 1. The van der Waals surface area contributed by atoms with Gasteiger partial charge in [-0.3, -0.25) is 9.10 Å². The van der Waals surface area contributed by atoms with Crippen LogP contribution in [0.3, 0.4) is 0 Å². The van der Waals surface area contributed by atoms with Gasteiger partial charge in [0.2, 0.25) is 10.0 Å². The number of rotatable bonds is 6. The van der Waals surface area contributed by atoms with Gasteiger partial charge in [-0.05, 0) is 42.8 Å². The fourth-order valence-corrected chi connectivity index (χ4v) is 3.08. The summed E-state index contributed by atoms with van der Waals surface area (Å²) in [4.78, 5) is 12.5. The van der Waals surface area contributed by atoms with Crippen LogP contribution in [0.4, 0.5) is 5.69 Å². The molecular formula is C18H21ClN2O4S. The zero-order chi connectivity index (χ0) is 19.5. The van der Waals surface area contributed by atoms with E-state index < -0.39 is 10.0 Å². The van der Waals surface area contributed by atoms with Crippen LogP contribution in [-0.2, 0) is 10.0 Å². The quantitative estimate of drug-likeness (QED) is 0.813. The maximum Gasteiger partial charge on any atom is 0.253 e. The number of methoxy groups -OCH3 is 1. The number of benzene rings is 2. The van der Waals surface area contributed by atoms with Crippen LogP contribution < -0.4 is 14.4 Å². The molecular weight excluding hydrogens is 376 g/mol. The molecule has 0 bridgehead atoms. The highest BCUT2D eigenvalue weighted by atomic mass is 35.5. The smallest absolute Gasteiger partial charge is 0.253 e. The van der Waals surface area contributed by atoms with Gasteiger partial charge in [-0.15, -0.1) is 0 Å². The molecule has 26 heavy (non-hydrogen) atoms. The molecule has 1 atom stereocenters. The summed E-state index contributed by atoms with van der Waals surface area (Å²) in [5.41, 5.74) is 1.58. The van der Waals surface area contributed by atoms with E-state index in [9.17, 15) is 13.2 Å². The third-order valence-corrected chi connectivity index (χ3v) is 5.54. The van der Waals surface area contributed by atoms with E-state index in [4.69, 9.17) is 16.3 Å². The molecule has 140 valence electrons. The van der Waals surface area contributed by atoms with Crippen molar-refractivity contribution in [3.8, 4) is 5.75 Å². The number of amides is 1. The summed E-state index contributed by atoms with van der Waals surface area (Å²) in [7, 11) is -0.389. The number of hydrogen-bond donors (Lipinski definition) is 1. The Kier molecular flexibility index (Phi) is 6.15. The highest BCUT2D eigenvalue weighted by molar-refractivity contribution is 7.92. The van der Waals surface area contributed by atoms with Gasteiger partial charge in [0.25, 0.3) is 5.91 Å². The summed E-state index contributed by atoms with van der Waals surface area (Å²) >= 11 is 6.19. The Labute approximate surface area is 158 Å². The summed E-state index contributed by atoms with van der Waals surface area (Å²) in [5.74, 6) is 0.396. The monoisotopic (exact) mass is 396 g/mol. The van der Waals surface area contributed by atoms with Crippen molar-refractivity contribution in [3.05, 3.63) is 58.6 Å². The Hall–Kier alpha value is -2.25. The number of nitrogens with one attached hydrogen (secondary N) is 1. The van der Waals surface area contributed by atoms with Gasteiger partial charge < -0.3 is 10.1 Å². The maximum atomic E-state index is 12.5. The van der Waals surface area contributed by atoms with Gasteiger partial charge in [-0.25, -0.2) is 8.42 Å². The van der Waals surface area contributed by atoms with Crippen LogP contribution in [-0.4, -0.2) is 34.7 Å². The Morgan fingerprint density at radius 2 is 1.81 bits per heavy atom. The molecule has 0 aromatic heterocycles. The summed E-state index contributed by atoms with van der Waals surface area (Å²) in [5, 5.41) is 3.05. The summed E-state index contributed by atoms with van der Waals surface area (Å²) in [6, 6.07) is 11.7. The highest BCUT2D eigenvalue weighted by Crippen LogP contribution is 2.25. The van der Waals surface area contributed by atoms with E-state index >= 15 is 0 Å². The molecule has 6 nitrogen and oxygen atoms in total. The molecule has 0 spiro atoms. The minimum atomic E-state index is -3.40. The molecule has 0 radical (unpaired) electrons. The van der Waals surface area contributed by atoms with Crippen molar-refractivity contribution in [2.24, 2.45) is 0 Å². The highest BCUT2D eigenvalue weighted by Gasteiger charge is 2.18. The number of hydrogen-bond acceptors (Lipinski definition) is 4. The maximum absolute atomic E-state index is 12.5. The minimum Gasteiger partial charge on any atom is -0.497 e. The molecule has 0 aliphatic heterocycles. The summed E-state index contributed by atoms with van der Waals surface area (Å²) < 4.78 is 29.4. The molecule has 2 rings (SSSR count). The summed E-state index contributed by atoms with van der Waals surface area (Å²) in [6.07, 6.45) is 1.10. The lowest BCUT2D eigenvalue weighted by molar-refractivity contribution is 0.0940. The molecule has 2 aromatic carbocycles. The zero-order valence-corrected chi connectivity index (χ0v) is 16.6. The van der Waals surface area contributed by atoms with Crippen LogP contribution in [0, 0.1) is 0 Å². The van der Waals surface area contributed by atoms with Gasteiger partial charge in [0.05, 0.1) is 35.7 Å². The van der Waals surface area contributed by atoms with Crippen LogP contribution in [0.25, 0.3) is 0 Å². The first-order valence-corrected chi connectivity index (χ1v) is 10.0. The fraction of sp³-hybridized carbons (Fsp3) is 0.278. The Balaban J connectivity index is 2.16. The van der Waals surface area contributed by atoms with Gasteiger partial charge >= 0.3 is 0 Å². The fourth-order valence-electron chi connectivity index (χ4n) is 2.33. The molecule has 1 N–H and O–H groups in total. The van der Waals surface area contributed by atoms with Gasteiger partial charge in [0.15, 0.2) is 0 Å². The number of carbonyl (C=O) groups excluding carboxylic acids is 1. The summed E-state index contributed by atoms with van der Waals surface area (Å²) in [6.45, 7) is 1.86.